The summed E-state index contributed by atoms with van der Waals surface area (Å²) in [6.07, 6.45) is 1.86. The minimum Gasteiger partial charge on any atom is -0.378 e. The number of rotatable bonds is 5. The van der Waals surface area contributed by atoms with Crippen LogP contribution in [0.3, 0.4) is 0 Å². The van der Waals surface area contributed by atoms with E-state index in [0.29, 0.717) is 22.9 Å². The normalized spacial score (nSPS) is 11.5. The average molecular weight is 369 g/mol. The summed E-state index contributed by atoms with van der Waals surface area (Å²) in [4.78, 5) is 6.74. The Labute approximate surface area is 165 Å². The van der Waals surface area contributed by atoms with Crippen LogP contribution in [0.4, 0.5) is 5.69 Å². The lowest BCUT2D eigenvalue weighted by Gasteiger charge is -2.12. The van der Waals surface area contributed by atoms with E-state index in [2.05, 4.69) is 26.0 Å². The van der Waals surface area contributed by atoms with Gasteiger partial charge < -0.3 is 9.47 Å². The molecule has 5 heteroatoms. The van der Waals surface area contributed by atoms with Gasteiger partial charge in [-0.15, -0.1) is 0 Å². The third kappa shape index (κ3) is 3.89. The number of benzene rings is 2. The van der Waals surface area contributed by atoms with Gasteiger partial charge in [0.15, 0.2) is 5.82 Å². The molecule has 3 rings (SSSR count). The predicted molar refractivity (Wildman–Crippen MR) is 114 cm³/mol. The minimum atomic E-state index is 0.376. The van der Waals surface area contributed by atoms with Crippen molar-refractivity contribution in [3.63, 3.8) is 0 Å². The van der Waals surface area contributed by atoms with Crippen molar-refractivity contribution in [1.29, 1.82) is 10.5 Å². The lowest BCUT2D eigenvalue weighted by Crippen LogP contribution is -2.08. The monoisotopic (exact) mass is 369 g/mol. The molecular formula is C23H23N5. The fourth-order valence-corrected chi connectivity index (χ4v) is 3.13. The zero-order valence-corrected chi connectivity index (χ0v) is 16.6. The van der Waals surface area contributed by atoms with Gasteiger partial charge in [0.2, 0.25) is 0 Å². The Kier molecular flexibility index (Phi) is 5.47. The molecule has 0 saturated carbocycles. The number of imidazole rings is 1. The van der Waals surface area contributed by atoms with Crippen LogP contribution in [0.5, 0.6) is 0 Å². The predicted octanol–water partition coefficient (Wildman–Crippen LogP) is 4.69. The molecule has 1 aromatic heterocycles. The molecule has 2 aromatic carbocycles. The third-order valence-corrected chi connectivity index (χ3v) is 4.51. The molecule has 1 heterocycles. The van der Waals surface area contributed by atoms with Crippen LogP contribution in [-0.4, -0.2) is 23.6 Å². The standard InChI is InChI=1S/C23H23N5/c1-16(2)15-28-22-12-18(13-24)7-10-21(22)26-23(28)19(14-25)11-17-5-8-20(9-6-17)27(3)4/h5-12,16H,15H2,1-4H3. The van der Waals surface area contributed by atoms with E-state index < -0.39 is 0 Å². The number of anilines is 1. The van der Waals surface area contributed by atoms with E-state index in [0.717, 1.165) is 28.8 Å². The van der Waals surface area contributed by atoms with Gasteiger partial charge in [0.25, 0.3) is 0 Å². The molecule has 0 N–H and O–H groups in total. The van der Waals surface area contributed by atoms with Gasteiger partial charge in [0, 0.05) is 26.3 Å². The molecule has 140 valence electrons. The molecule has 0 fully saturated rings. The average Bonchev–Trinajstić information content (AvgIpc) is 3.03. The SMILES string of the molecule is CC(C)Cn1c(C(C#N)=Cc2ccc(N(C)C)cc2)nc2ccc(C#N)cc21. The van der Waals surface area contributed by atoms with E-state index in [4.69, 9.17) is 4.98 Å². The van der Waals surface area contributed by atoms with Gasteiger partial charge in [0.1, 0.15) is 6.07 Å². The Morgan fingerprint density at radius 3 is 2.43 bits per heavy atom. The van der Waals surface area contributed by atoms with Crippen molar-refractivity contribution in [2.24, 2.45) is 5.92 Å². The first-order chi connectivity index (χ1) is 13.4. The molecule has 0 aliphatic carbocycles. The van der Waals surface area contributed by atoms with Crippen LogP contribution >= 0.6 is 0 Å². The van der Waals surface area contributed by atoms with Crippen molar-refractivity contribution < 1.29 is 0 Å². The molecule has 0 aliphatic heterocycles. The smallest absolute Gasteiger partial charge is 0.151 e. The molecule has 0 bridgehead atoms. The van der Waals surface area contributed by atoms with Crippen molar-refractivity contribution in [3.05, 3.63) is 59.4 Å². The van der Waals surface area contributed by atoms with Crippen LogP contribution < -0.4 is 4.90 Å². The molecule has 28 heavy (non-hydrogen) atoms. The maximum Gasteiger partial charge on any atom is 0.151 e. The van der Waals surface area contributed by atoms with Crippen LogP contribution in [0.25, 0.3) is 22.7 Å². The Morgan fingerprint density at radius 1 is 1.14 bits per heavy atom. The summed E-state index contributed by atoms with van der Waals surface area (Å²) >= 11 is 0. The van der Waals surface area contributed by atoms with Crippen molar-refractivity contribution in [3.8, 4) is 12.1 Å². The van der Waals surface area contributed by atoms with Gasteiger partial charge >= 0.3 is 0 Å². The summed E-state index contributed by atoms with van der Waals surface area (Å²) < 4.78 is 2.05. The van der Waals surface area contributed by atoms with Crippen molar-refractivity contribution in [1.82, 2.24) is 9.55 Å². The molecule has 0 spiro atoms. The second-order valence-electron chi connectivity index (χ2n) is 7.41. The van der Waals surface area contributed by atoms with Crippen LogP contribution in [0.2, 0.25) is 0 Å². The van der Waals surface area contributed by atoms with E-state index in [1.54, 1.807) is 6.07 Å². The topological polar surface area (TPSA) is 68.6 Å². The number of fused-ring (bicyclic) bond motifs is 1. The molecule has 0 unspecified atom stereocenters. The molecular weight excluding hydrogens is 346 g/mol. The lowest BCUT2D eigenvalue weighted by molar-refractivity contribution is 0.529. The van der Waals surface area contributed by atoms with Crippen LogP contribution in [0.15, 0.2) is 42.5 Å². The van der Waals surface area contributed by atoms with Crippen LogP contribution in [0, 0.1) is 28.6 Å². The van der Waals surface area contributed by atoms with E-state index in [1.165, 1.54) is 0 Å². The van der Waals surface area contributed by atoms with Gasteiger partial charge in [-0.25, -0.2) is 4.98 Å². The Balaban J connectivity index is 2.13. The van der Waals surface area contributed by atoms with Crippen molar-refractivity contribution >= 4 is 28.4 Å². The molecule has 0 radical (unpaired) electrons. The second kappa shape index (κ2) is 7.98. The molecule has 5 nitrogen and oxygen atoms in total. The highest BCUT2D eigenvalue weighted by Gasteiger charge is 2.16. The van der Waals surface area contributed by atoms with Crippen molar-refractivity contribution in [2.45, 2.75) is 20.4 Å². The summed E-state index contributed by atoms with van der Waals surface area (Å²) in [5.74, 6) is 1.01. The summed E-state index contributed by atoms with van der Waals surface area (Å²) in [5, 5.41) is 19.1. The number of aromatic nitrogens is 2. The number of allylic oxidation sites excluding steroid dienone is 1. The van der Waals surface area contributed by atoms with E-state index in [-0.39, 0.29) is 0 Å². The highest BCUT2D eigenvalue weighted by molar-refractivity contribution is 5.91. The quantitative estimate of drug-likeness (QED) is 0.612. The fourth-order valence-electron chi connectivity index (χ4n) is 3.13. The van der Waals surface area contributed by atoms with Gasteiger partial charge in [-0.3, -0.25) is 0 Å². The van der Waals surface area contributed by atoms with Gasteiger partial charge in [-0.1, -0.05) is 26.0 Å². The molecule has 0 saturated heterocycles. The van der Waals surface area contributed by atoms with Crippen molar-refractivity contribution in [2.75, 3.05) is 19.0 Å². The minimum absolute atomic E-state index is 0.376. The number of nitriles is 2. The number of hydrogen-bond acceptors (Lipinski definition) is 4. The first-order valence-corrected chi connectivity index (χ1v) is 9.23. The Morgan fingerprint density at radius 2 is 1.86 bits per heavy atom. The summed E-state index contributed by atoms with van der Waals surface area (Å²) in [7, 11) is 3.99. The molecule has 0 aliphatic rings. The summed E-state index contributed by atoms with van der Waals surface area (Å²) in [5.41, 5.74) is 4.82. The van der Waals surface area contributed by atoms with E-state index in [9.17, 15) is 10.5 Å². The third-order valence-electron chi connectivity index (χ3n) is 4.51. The largest absolute Gasteiger partial charge is 0.378 e. The zero-order valence-electron chi connectivity index (χ0n) is 16.6. The molecule has 0 amide bonds. The van der Waals surface area contributed by atoms with Crippen LogP contribution in [0.1, 0.15) is 30.8 Å². The second-order valence-corrected chi connectivity index (χ2v) is 7.41. The Hall–Kier alpha value is -3.57. The highest BCUT2D eigenvalue weighted by Crippen LogP contribution is 2.26. The highest BCUT2D eigenvalue weighted by atomic mass is 15.1. The maximum atomic E-state index is 9.84. The van der Waals surface area contributed by atoms with Gasteiger partial charge in [-0.05, 0) is 47.9 Å². The number of hydrogen-bond donors (Lipinski definition) is 0. The Bertz CT molecular complexity index is 1100. The lowest BCUT2D eigenvalue weighted by atomic mass is 10.1. The molecule has 0 atom stereocenters. The van der Waals surface area contributed by atoms with Gasteiger partial charge in [0.05, 0.1) is 28.2 Å². The van der Waals surface area contributed by atoms with E-state index in [1.807, 2.05) is 66.0 Å². The zero-order chi connectivity index (χ0) is 20.3. The van der Waals surface area contributed by atoms with Gasteiger partial charge in [-0.2, -0.15) is 10.5 Å². The summed E-state index contributed by atoms with van der Waals surface area (Å²) in [6.45, 7) is 4.97. The maximum absolute atomic E-state index is 9.84. The number of nitrogens with zero attached hydrogens (tertiary/aromatic N) is 5. The van der Waals surface area contributed by atoms with Crippen LogP contribution in [-0.2, 0) is 6.54 Å². The first-order valence-electron chi connectivity index (χ1n) is 9.23. The van der Waals surface area contributed by atoms with E-state index >= 15 is 0 Å². The summed E-state index contributed by atoms with van der Waals surface area (Å²) in [6, 6.07) is 18.0. The fraction of sp³-hybridized carbons (Fsp3) is 0.261. The first kappa shape index (κ1) is 19.2. The molecule has 3 aromatic rings.